The average molecular weight is 349 g/mol. The second-order valence-electron chi connectivity index (χ2n) is 6.38. The van der Waals surface area contributed by atoms with Gasteiger partial charge in [-0.05, 0) is 30.5 Å². The predicted octanol–water partition coefficient (Wildman–Crippen LogP) is 2.98. The van der Waals surface area contributed by atoms with Gasteiger partial charge in [0.05, 0.1) is 24.5 Å². The van der Waals surface area contributed by atoms with Gasteiger partial charge in [-0.3, -0.25) is 9.89 Å². The number of carbonyl (C=O) groups is 1. The minimum absolute atomic E-state index is 0.168. The summed E-state index contributed by atoms with van der Waals surface area (Å²) in [4.78, 5) is 14.1. The molecule has 0 saturated carbocycles. The van der Waals surface area contributed by atoms with Crippen LogP contribution in [-0.2, 0) is 13.1 Å². The van der Waals surface area contributed by atoms with Gasteiger partial charge in [0.15, 0.2) is 5.76 Å². The van der Waals surface area contributed by atoms with Gasteiger partial charge in [0, 0.05) is 24.8 Å². The number of nitrogens with one attached hydrogen (secondary N) is 1. The molecule has 1 amide bonds. The molecule has 132 valence electrons. The Bertz CT molecular complexity index is 1060. The third-order valence-corrected chi connectivity index (χ3v) is 4.29. The maximum atomic E-state index is 12.6. The molecule has 7 heteroatoms. The number of aromatic nitrogens is 4. The monoisotopic (exact) mass is 349 g/mol. The Labute approximate surface area is 150 Å². The summed E-state index contributed by atoms with van der Waals surface area (Å²) in [6.07, 6.45) is 2.03. The molecule has 0 atom stereocenters. The largest absolute Gasteiger partial charge is 0.359 e. The fraction of sp³-hybridized carbons (Fsp3) is 0.211. The van der Waals surface area contributed by atoms with Crippen LogP contribution in [0.1, 0.15) is 27.6 Å². The highest BCUT2D eigenvalue weighted by molar-refractivity contribution is 5.92. The number of benzene rings is 1. The van der Waals surface area contributed by atoms with Crippen LogP contribution in [-0.4, -0.2) is 37.8 Å². The molecule has 0 aliphatic carbocycles. The van der Waals surface area contributed by atoms with Crippen molar-refractivity contribution in [2.75, 3.05) is 7.05 Å². The molecule has 4 aromatic rings. The first-order valence-electron chi connectivity index (χ1n) is 8.36. The van der Waals surface area contributed by atoms with Crippen LogP contribution in [0.2, 0.25) is 0 Å². The Morgan fingerprint density at radius 1 is 1.27 bits per heavy atom. The van der Waals surface area contributed by atoms with Crippen molar-refractivity contribution in [1.82, 2.24) is 24.8 Å². The summed E-state index contributed by atoms with van der Waals surface area (Å²) in [5.41, 5.74) is 3.20. The normalized spacial score (nSPS) is 11.2. The highest BCUT2D eigenvalue weighted by Crippen LogP contribution is 2.17. The summed E-state index contributed by atoms with van der Waals surface area (Å²) in [5.74, 6) is 0.479. The van der Waals surface area contributed by atoms with E-state index in [1.54, 1.807) is 18.0 Å². The number of H-pyrrole nitrogens is 1. The van der Waals surface area contributed by atoms with Crippen LogP contribution in [0.15, 0.2) is 53.2 Å². The van der Waals surface area contributed by atoms with Gasteiger partial charge in [0.25, 0.3) is 5.91 Å². The zero-order chi connectivity index (χ0) is 18.1. The smallest absolute Gasteiger partial charge is 0.274 e. The van der Waals surface area contributed by atoms with Crippen LogP contribution in [0.5, 0.6) is 0 Å². The number of amides is 1. The summed E-state index contributed by atoms with van der Waals surface area (Å²) in [7, 11) is 1.72. The molecule has 7 nitrogen and oxygen atoms in total. The SMILES string of the molecule is Cc1cc(CN(C)C(=O)c2cc(Cn3ccc4ccccc43)[nH]n2)on1. The van der Waals surface area contributed by atoms with Gasteiger partial charge in [-0.2, -0.15) is 5.10 Å². The molecule has 3 aromatic heterocycles. The van der Waals surface area contributed by atoms with Crippen LogP contribution in [0.3, 0.4) is 0 Å². The Morgan fingerprint density at radius 2 is 2.12 bits per heavy atom. The quantitative estimate of drug-likeness (QED) is 0.601. The van der Waals surface area contributed by atoms with E-state index in [0.29, 0.717) is 24.5 Å². The summed E-state index contributed by atoms with van der Waals surface area (Å²) in [5, 5.41) is 12.1. The Balaban J connectivity index is 1.47. The maximum absolute atomic E-state index is 12.6. The van der Waals surface area contributed by atoms with E-state index < -0.39 is 0 Å². The molecule has 0 spiro atoms. The molecule has 0 bridgehead atoms. The third kappa shape index (κ3) is 3.11. The number of aromatic amines is 1. The molecule has 0 aliphatic heterocycles. The van der Waals surface area contributed by atoms with Crippen LogP contribution >= 0.6 is 0 Å². The van der Waals surface area contributed by atoms with Crippen molar-refractivity contribution in [3.8, 4) is 0 Å². The average Bonchev–Trinajstić information content (AvgIpc) is 3.36. The lowest BCUT2D eigenvalue weighted by atomic mass is 10.2. The van der Waals surface area contributed by atoms with Crippen molar-refractivity contribution in [2.45, 2.75) is 20.0 Å². The second-order valence-corrected chi connectivity index (χ2v) is 6.38. The molecule has 1 N–H and O–H groups in total. The molecule has 0 unspecified atom stereocenters. The molecule has 4 rings (SSSR count). The highest BCUT2D eigenvalue weighted by Gasteiger charge is 2.17. The van der Waals surface area contributed by atoms with Gasteiger partial charge in [-0.15, -0.1) is 0 Å². The van der Waals surface area contributed by atoms with E-state index in [2.05, 4.69) is 38.1 Å². The van der Waals surface area contributed by atoms with Crippen molar-refractivity contribution in [3.05, 3.63) is 71.5 Å². The number of rotatable bonds is 5. The number of carbonyl (C=O) groups excluding carboxylic acids is 1. The van der Waals surface area contributed by atoms with Crippen molar-refractivity contribution >= 4 is 16.8 Å². The molecular formula is C19H19N5O2. The van der Waals surface area contributed by atoms with E-state index in [4.69, 9.17) is 4.52 Å². The number of para-hydroxylation sites is 1. The van der Waals surface area contributed by atoms with Crippen molar-refractivity contribution in [1.29, 1.82) is 0 Å². The first-order valence-corrected chi connectivity index (χ1v) is 8.36. The summed E-state index contributed by atoms with van der Waals surface area (Å²) in [6.45, 7) is 2.82. The van der Waals surface area contributed by atoms with Crippen LogP contribution < -0.4 is 0 Å². The van der Waals surface area contributed by atoms with Gasteiger partial charge >= 0.3 is 0 Å². The van der Waals surface area contributed by atoms with Crippen LogP contribution in [0.4, 0.5) is 0 Å². The third-order valence-electron chi connectivity index (χ3n) is 4.29. The van der Waals surface area contributed by atoms with Gasteiger partial charge in [-0.25, -0.2) is 0 Å². The van der Waals surface area contributed by atoms with Gasteiger partial charge in [0.2, 0.25) is 0 Å². The fourth-order valence-electron chi connectivity index (χ4n) is 3.01. The van der Waals surface area contributed by atoms with Crippen molar-refractivity contribution in [3.63, 3.8) is 0 Å². The van der Waals surface area contributed by atoms with Crippen molar-refractivity contribution < 1.29 is 9.32 Å². The Hall–Kier alpha value is -3.35. The molecule has 26 heavy (non-hydrogen) atoms. The van der Waals surface area contributed by atoms with E-state index in [9.17, 15) is 4.79 Å². The van der Waals surface area contributed by atoms with Crippen LogP contribution in [0, 0.1) is 6.92 Å². The molecule has 0 saturated heterocycles. The fourth-order valence-corrected chi connectivity index (χ4v) is 3.01. The summed E-state index contributed by atoms with van der Waals surface area (Å²) < 4.78 is 7.28. The molecular weight excluding hydrogens is 330 g/mol. The topological polar surface area (TPSA) is 80.0 Å². The number of nitrogens with zero attached hydrogens (tertiary/aromatic N) is 4. The van der Waals surface area contributed by atoms with Gasteiger partial charge in [-0.1, -0.05) is 23.4 Å². The van der Waals surface area contributed by atoms with E-state index >= 15 is 0 Å². The molecule has 3 heterocycles. The van der Waals surface area contributed by atoms with Crippen molar-refractivity contribution in [2.24, 2.45) is 0 Å². The Kier molecular flexibility index (Phi) is 4.04. The molecule has 0 radical (unpaired) electrons. The zero-order valence-electron chi connectivity index (χ0n) is 14.6. The molecule has 0 fully saturated rings. The number of hydrogen-bond donors (Lipinski definition) is 1. The highest BCUT2D eigenvalue weighted by atomic mass is 16.5. The van der Waals surface area contributed by atoms with Crippen LogP contribution in [0.25, 0.3) is 10.9 Å². The van der Waals surface area contributed by atoms with E-state index in [1.165, 1.54) is 5.39 Å². The minimum atomic E-state index is -0.168. The van der Waals surface area contributed by atoms with Gasteiger partial charge < -0.3 is 14.0 Å². The molecule has 0 aliphatic rings. The van der Waals surface area contributed by atoms with E-state index in [-0.39, 0.29) is 5.91 Å². The number of fused-ring (bicyclic) bond motifs is 1. The minimum Gasteiger partial charge on any atom is -0.359 e. The second kappa shape index (κ2) is 6.51. The predicted molar refractivity (Wildman–Crippen MR) is 96.7 cm³/mol. The summed E-state index contributed by atoms with van der Waals surface area (Å²) >= 11 is 0. The maximum Gasteiger partial charge on any atom is 0.274 e. The lowest BCUT2D eigenvalue weighted by Crippen LogP contribution is -2.26. The number of hydrogen-bond acceptors (Lipinski definition) is 4. The van der Waals surface area contributed by atoms with Gasteiger partial charge in [0.1, 0.15) is 5.69 Å². The lowest BCUT2D eigenvalue weighted by Gasteiger charge is -2.13. The van der Waals surface area contributed by atoms with E-state index in [0.717, 1.165) is 16.9 Å². The Morgan fingerprint density at radius 3 is 2.92 bits per heavy atom. The lowest BCUT2D eigenvalue weighted by molar-refractivity contribution is 0.0766. The summed E-state index contributed by atoms with van der Waals surface area (Å²) in [6, 6.07) is 13.9. The van der Waals surface area contributed by atoms with E-state index in [1.807, 2.05) is 31.3 Å². The zero-order valence-corrected chi connectivity index (χ0v) is 14.6. The number of aryl methyl sites for hydroxylation is 1. The first kappa shape index (κ1) is 16.1. The molecule has 1 aromatic carbocycles. The standard InChI is InChI=1S/C19H19N5O2/c1-13-9-16(26-22-13)12-23(2)19(25)17-10-15(20-21-17)11-24-8-7-14-5-3-4-6-18(14)24/h3-10H,11-12H2,1-2H3,(H,20,21). The first-order chi connectivity index (χ1) is 12.6.